The molecule has 0 amide bonds. The summed E-state index contributed by atoms with van der Waals surface area (Å²) in [4.78, 5) is 4.77. The maximum absolute atomic E-state index is 13.3. The van der Waals surface area contributed by atoms with Crippen molar-refractivity contribution in [3.8, 4) is 16.3 Å². The molecule has 2 N–H and O–H groups in total. The van der Waals surface area contributed by atoms with Crippen molar-refractivity contribution >= 4 is 38.1 Å². The van der Waals surface area contributed by atoms with Crippen molar-refractivity contribution in [2.75, 3.05) is 51.9 Å². The van der Waals surface area contributed by atoms with Crippen LogP contribution in [0, 0.1) is 5.82 Å². The van der Waals surface area contributed by atoms with E-state index >= 15 is 0 Å². The monoisotopic (exact) mass is 624 g/mol. The number of benzene rings is 4. The van der Waals surface area contributed by atoms with Crippen molar-refractivity contribution in [3.05, 3.63) is 114 Å². The van der Waals surface area contributed by atoms with Crippen molar-refractivity contribution in [2.45, 2.75) is 13.1 Å². The molecule has 0 saturated heterocycles. The quantitative estimate of drug-likeness (QED) is 0.110. The Morgan fingerprint density at radius 2 is 1.64 bits per heavy atom. The van der Waals surface area contributed by atoms with Gasteiger partial charge in [-0.3, -0.25) is 0 Å². The molecule has 4 aromatic carbocycles. The van der Waals surface area contributed by atoms with Crippen LogP contribution in [0.2, 0.25) is 0 Å². The SMILES string of the molecule is CNc1ccc(-c2nc3ccc(OCCOCCOCCNCc4cccc5c4ccn5Cc4ccc(F)cc4)cc3s2)cc1. The number of anilines is 1. The Bertz CT molecular complexity index is 1820. The van der Waals surface area contributed by atoms with Crippen LogP contribution in [-0.2, 0) is 22.6 Å². The zero-order valence-corrected chi connectivity index (χ0v) is 26.1. The maximum Gasteiger partial charge on any atom is 0.124 e. The molecule has 232 valence electrons. The van der Waals surface area contributed by atoms with E-state index < -0.39 is 0 Å². The average molecular weight is 625 g/mol. The third-order valence-electron chi connectivity index (χ3n) is 7.56. The number of hydrogen-bond donors (Lipinski definition) is 2. The first-order valence-electron chi connectivity index (χ1n) is 15.2. The zero-order chi connectivity index (χ0) is 30.8. The van der Waals surface area contributed by atoms with Gasteiger partial charge in [-0.25, -0.2) is 9.37 Å². The number of hydrogen-bond acceptors (Lipinski definition) is 7. The van der Waals surface area contributed by atoms with Gasteiger partial charge >= 0.3 is 0 Å². The lowest BCUT2D eigenvalue weighted by Crippen LogP contribution is -2.20. The Balaban J connectivity index is 0.851. The topological polar surface area (TPSA) is 69.6 Å². The van der Waals surface area contributed by atoms with Crippen LogP contribution in [0.1, 0.15) is 11.1 Å². The minimum absolute atomic E-state index is 0.213. The van der Waals surface area contributed by atoms with Gasteiger partial charge in [-0.15, -0.1) is 11.3 Å². The summed E-state index contributed by atoms with van der Waals surface area (Å²) in [5.74, 6) is 0.601. The van der Waals surface area contributed by atoms with Crippen LogP contribution in [0.4, 0.5) is 10.1 Å². The Morgan fingerprint density at radius 1 is 0.844 bits per heavy atom. The van der Waals surface area contributed by atoms with E-state index in [-0.39, 0.29) is 5.82 Å². The zero-order valence-electron chi connectivity index (χ0n) is 25.3. The standard InChI is InChI=1S/C36H37FN4O3S/c1-38-30-11-7-27(8-12-30)36-40-33-14-13-31(23-35(33)45-36)44-22-21-43-20-19-42-18-16-39-24-28-3-2-4-34-32(28)15-17-41(34)25-26-5-9-29(37)10-6-26/h2-15,17,23,38-39H,16,18-22,24-25H2,1H3. The van der Waals surface area contributed by atoms with Crippen molar-refractivity contribution in [3.63, 3.8) is 0 Å². The molecule has 6 rings (SSSR count). The summed E-state index contributed by atoms with van der Waals surface area (Å²) in [5, 5.41) is 8.83. The van der Waals surface area contributed by atoms with E-state index in [9.17, 15) is 4.39 Å². The van der Waals surface area contributed by atoms with Crippen LogP contribution in [0.25, 0.3) is 31.7 Å². The molecule has 0 atom stereocenters. The van der Waals surface area contributed by atoms with E-state index in [1.165, 1.54) is 28.6 Å². The lowest BCUT2D eigenvalue weighted by molar-refractivity contribution is 0.0372. The number of thiazole rings is 1. The van der Waals surface area contributed by atoms with E-state index in [1.54, 1.807) is 11.3 Å². The molecule has 0 radical (unpaired) electrons. The van der Waals surface area contributed by atoms with Gasteiger partial charge in [0.05, 0.1) is 36.6 Å². The number of nitrogens with one attached hydrogen (secondary N) is 2. The van der Waals surface area contributed by atoms with Gasteiger partial charge in [0.15, 0.2) is 0 Å². The highest BCUT2D eigenvalue weighted by Gasteiger charge is 2.09. The smallest absolute Gasteiger partial charge is 0.124 e. The fourth-order valence-electron chi connectivity index (χ4n) is 5.17. The molecule has 0 aliphatic rings. The molecule has 0 aliphatic heterocycles. The molecule has 0 spiro atoms. The first kappa shape index (κ1) is 30.7. The Morgan fingerprint density at radius 3 is 2.47 bits per heavy atom. The van der Waals surface area contributed by atoms with Crippen LogP contribution in [0.3, 0.4) is 0 Å². The normalized spacial score (nSPS) is 11.4. The van der Waals surface area contributed by atoms with Gasteiger partial charge in [-0.2, -0.15) is 0 Å². The van der Waals surface area contributed by atoms with E-state index in [0.29, 0.717) is 39.6 Å². The third-order valence-corrected chi connectivity index (χ3v) is 8.62. The molecule has 0 fully saturated rings. The molecule has 2 heterocycles. The first-order valence-corrected chi connectivity index (χ1v) is 16.0. The molecule has 7 nitrogen and oxygen atoms in total. The average Bonchev–Trinajstić information content (AvgIpc) is 3.69. The highest BCUT2D eigenvalue weighted by atomic mass is 32.1. The van der Waals surface area contributed by atoms with Gasteiger partial charge in [-0.05, 0) is 77.9 Å². The summed E-state index contributed by atoms with van der Waals surface area (Å²) < 4.78 is 33.9. The summed E-state index contributed by atoms with van der Waals surface area (Å²) >= 11 is 1.66. The van der Waals surface area contributed by atoms with Gasteiger partial charge in [0.1, 0.15) is 23.2 Å². The van der Waals surface area contributed by atoms with E-state index in [2.05, 4.69) is 69.9 Å². The molecule has 0 bridgehead atoms. The summed E-state index contributed by atoms with van der Waals surface area (Å²) in [6.07, 6.45) is 2.09. The van der Waals surface area contributed by atoms with Crippen LogP contribution in [0.15, 0.2) is 97.2 Å². The fraction of sp³-hybridized carbons (Fsp3) is 0.250. The second-order valence-corrected chi connectivity index (χ2v) is 11.7. The van der Waals surface area contributed by atoms with Gasteiger partial charge < -0.3 is 29.4 Å². The van der Waals surface area contributed by atoms with Gasteiger partial charge in [-0.1, -0.05) is 24.3 Å². The van der Waals surface area contributed by atoms with Crippen molar-refractivity contribution in [1.29, 1.82) is 0 Å². The second kappa shape index (κ2) is 15.1. The Labute approximate surface area is 266 Å². The van der Waals surface area contributed by atoms with Gasteiger partial charge in [0.25, 0.3) is 0 Å². The lowest BCUT2D eigenvalue weighted by atomic mass is 10.1. The minimum atomic E-state index is -0.213. The van der Waals surface area contributed by atoms with Crippen LogP contribution >= 0.6 is 11.3 Å². The van der Waals surface area contributed by atoms with Crippen LogP contribution in [0.5, 0.6) is 5.75 Å². The second-order valence-electron chi connectivity index (χ2n) is 10.6. The predicted octanol–water partition coefficient (Wildman–Crippen LogP) is 7.35. The maximum atomic E-state index is 13.3. The molecular formula is C36H37FN4O3S. The highest BCUT2D eigenvalue weighted by molar-refractivity contribution is 7.21. The van der Waals surface area contributed by atoms with Crippen molar-refractivity contribution in [2.24, 2.45) is 0 Å². The van der Waals surface area contributed by atoms with Crippen LogP contribution < -0.4 is 15.4 Å². The molecule has 0 aliphatic carbocycles. The Kier molecular flexibility index (Phi) is 10.3. The van der Waals surface area contributed by atoms with E-state index in [4.69, 9.17) is 19.2 Å². The summed E-state index contributed by atoms with van der Waals surface area (Å²) in [5.41, 5.74) is 6.63. The molecule has 45 heavy (non-hydrogen) atoms. The highest BCUT2D eigenvalue weighted by Crippen LogP contribution is 2.33. The number of aromatic nitrogens is 2. The molecule has 2 aromatic heterocycles. The fourth-order valence-corrected chi connectivity index (χ4v) is 6.17. The van der Waals surface area contributed by atoms with Crippen LogP contribution in [-0.4, -0.2) is 56.2 Å². The number of fused-ring (bicyclic) bond motifs is 2. The molecule has 0 saturated carbocycles. The summed E-state index contributed by atoms with van der Waals surface area (Å²) in [6.45, 7) is 4.85. The third kappa shape index (κ3) is 8.06. The first-order chi connectivity index (χ1) is 22.2. The Hall–Kier alpha value is -4.28. The number of nitrogens with zero attached hydrogens (tertiary/aromatic N) is 2. The van der Waals surface area contributed by atoms with E-state index in [0.717, 1.165) is 50.9 Å². The lowest BCUT2D eigenvalue weighted by Gasteiger charge is -2.10. The number of ether oxygens (including phenoxy) is 3. The summed E-state index contributed by atoms with van der Waals surface area (Å²) in [7, 11) is 1.91. The largest absolute Gasteiger partial charge is 0.491 e. The predicted molar refractivity (Wildman–Crippen MR) is 181 cm³/mol. The van der Waals surface area contributed by atoms with E-state index in [1.807, 2.05) is 37.4 Å². The molecule has 9 heteroatoms. The molecule has 6 aromatic rings. The number of halogens is 1. The van der Waals surface area contributed by atoms with Gasteiger partial charge in [0, 0.05) is 55.0 Å². The van der Waals surface area contributed by atoms with Gasteiger partial charge in [0.2, 0.25) is 0 Å². The van der Waals surface area contributed by atoms with Crippen molar-refractivity contribution in [1.82, 2.24) is 14.9 Å². The number of rotatable bonds is 16. The summed E-state index contributed by atoms with van der Waals surface area (Å²) in [6, 6.07) is 29.4. The molecular weight excluding hydrogens is 587 g/mol. The minimum Gasteiger partial charge on any atom is -0.491 e. The molecule has 0 unspecified atom stereocenters. The van der Waals surface area contributed by atoms with Crippen molar-refractivity contribution < 1.29 is 18.6 Å².